The van der Waals surface area contributed by atoms with Crippen LogP contribution in [0.1, 0.15) is 5.56 Å². The van der Waals surface area contributed by atoms with Crippen molar-refractivity contribution in [1.82, 2.24) is 4.98 Å². The summed E-state index contributed by atoms with van der Waals surface area (Å²) in [6, 6.07) is 3.73. The van der Waals surface area contributed by atoms with Crippen LogP contribution in [0.5, 0.6) is 0 Å². The first kappa shape index (κ1) is 15.7. The van der Waals surface area contributed by atoms with Crippen LogP contribution in [-0.4, -0.2) is 28.2 Å². The van der Waals surface area contributed by atoms with Gasteiger partial charge in [0.1, 0.15) is 0 Å². The van der Waals surface area contributed by atoms with Gasteiger partial charge in [0, 0.05) is 6.20 Å². The van der Waals surface area contributed by atoms with Crippen molar-refractivity contribution < 1.29 is 23.1 Å². The highest BCUT2D eigenvalue weighted by atomic mass is 19.4. The molecule has 0 aliphatic carbocycles. The van der Waals surface area contributed by atoms with Crippen molar-refractivity contribution in [2.75, 3.05) is 0 Å². The van der Waals surface area contributed by atoms with E-state index in [2.05, 4.69) is 9.98 Å². The van der Waals surface area contributed by atoms with Crippen LogP contribution in [0.3, 0.4) is 0 Å². The molecule has 100 valence electrons. The molecule has 5 N–H and O–H groups in total. The molecule has 0 saturated carbocycles. The molecule has 0 aliphatic rings. The predicted molar refractivity (Wildman–Crippen MR) is 58.1 cm³/mol. The topological polar surface area (TPSA) is 115 Å². The number of halogens is 3. The highest BCUT2D eigenvalue weighted by molar-refractivity contribution is 5.78. The Hall–Kier alpha value is -2.32. The molecule has 1 heterocycles. The van der Waals surface area contributed by atoms with Crippen molar-refractivity contribution >= 4 is 17.7 Å². The molecule has 1 rings (SSSR count). The molecular weight excluding hydrogens is 253 g/mol. The Kier molecular flexibility index (Phi) is 5.60. The van der Waals surface area contributed by atoms with Crippen molar-refractivity contribution in [2.45, 2.75) is 13.1 Å². The Morgan fingerprint density at radius 3 is 2.28 bits per heavy atom. The van der Waals surface area contributed by atoms with E-state index in [0.717, 1.165) is 5.56 Å². The second-order valence-electron chi connectivity index (χ2n) is 2.98. The average Bonchev–Trinajstić information content (AvgIpc) is 2.20. The van der Waals surface area contributed by atoms with Crippen LogP contribution in [0, 0.1) is 6.92 Å². The van der Waals surface area contributed by atoms with E-state index in [9.17, 15) is 13.2 Å². The van der Waals surface area contributed by atoms with Crippen LogP contribution >= 0.6 is 0 Å². The number of hydrogen-bond donors (Lipinski definition) is 3. The smallest absolute Gasteiger partial charge is 0.475 e. The summed E-state index contributed by atoms with van der Waals surface area (Å²) in [7, 11) is 0. The van der Waals surface area contributed by atoms with Crippen molar-refractivity contribution in [3.8, 4) is 0 Å². The quantitative estimate of drug-likeness (QED) is 0.515. The Balaban J connectivity index is 0.000000360. The number of alkyl halides is 3. The molecule has 0 saturated heterocycles. The minimum atomic E-state index is -5.08. The normalized spacial score (nSPS) is 10.0. The van der Waals surface area contributed by atoms with Crippen LogP contribution in [0.15, 0.2) is 23.3 Å². The van der Waals surface area contributed by atoms with Gasteiger partial charge in [-0.05, 0) is 18.6 Å². The number of carboxylic acid groups (broad SMARTS) is 1. The number of nitrogens with two attached hydrogens (primary N) is 2. The van der Waals surface area contributed by atoms with E-state index in [0.29, 0.717) is 5.82 Å². The summed E-state index contributed by atoms with van der Waals surface area (Å²) in [6.07, 6.45) is -3.44. The van der Waals surface area contributed by atoms with E-state index in [1.165, 1.54) is 0 Å². The number of aromatic nitrogens is 1. The van der Waals surface area contributed by atoms with Crippen LogP contribution < -0.4 is 11.5 Å². The summed E-state index contributed by atoms with van der Waals surface area (Å²) in [6.45, 7) is 1.90. The lowest BCUT2D eigenvalue weighted by atomic mass is 10.3. The molecule has 1 aromatic rings. The third kappa shape index (κ3) is 6.30. The summed E-state index contributed by atoms with van der Waals surface area (Å²) in [5.41, 5.74) is 11.3. The van der Waals surface area contributed by atoms with E-state index in [1.807, 2.05) is 19.1 Å². The molecule has 0 aromatic carbocycles. The zero-order valence-electron chi connectivity index (χ0n) is 9.27. The maximum Gasteiger partial charge on any atom is 0.490 e. The standard InChI is InChI=1S/C7H10N4.C2HF3O2/c1-5-3-2-4-10-6(5)11-7(8)9;3-2(4,5)1(6)7/h2-4H,1H3,(H4,8,9,10,11);(H,6,7). The van der Waals surface area contributed by atoms with Crippen molar-refractivity contribution in [2.24, 2.45) is 16.5 Å². The minimum Gasteiger partial charge on any atom is -0.475 e. The molecule has 0 amide bonds. The molecule has 0 atom stereocenters. The molecule has 0 fully saturated rings. The first-order chi connectivity index (χ1) is 8.14. The molecule has 0 aliphatic heterocycles. The number of carbonyl (C=O) groups is 1. The molecule has 0 spiro atoms. The molecule has 0 radical (unpaired) electrons. The summed E-state index contributed by atoms with van der Waals surface area (Å²) >= 11 is 0. The summed E-state index contributed by atoms with van der Waals surface area (Å²) < 4.78 is 31.7. The van der Waals surface area contributed by atoms with Gasteiger partial charge in [-0.3, -0.25) is 0 Å². The third-order valence-corrected chi connectivity index (χ3v) is 1.46. The number of guanidine groups is 1. The van der Waals surface area contributed by atoms with Crippen LogP contribution in [-0.2, 0) is 4.79 Å². The van der Waals surface area contributed by atoms with Gasteiger partial charge in [0.25, 0.3) is 0 Å². The number of aliphatic carboxylic acids is 1. The molecule has 0 bridgehead atoms. The van der Waals surface area contributed by atoms with Crippen molar-refractivity contribution in [1.29, 1.82) is 0 Å². The van der Waals surface area contributed by atoms with Gasteiger partial charge >= 0.3 is 12.1 Å². The fourth-order valence-electron chi connectivity index (χ4n) is 0.717. The zero-order valence-corrected chi connectivity index (χ0v) is 9.27. The van der Waals surface area contributed by atoms with Gasteiger partial charge in [0.15, 0.2) is 11.8 Å². The second kappa shape index (κ2) is 6.42. The summed E-state index contributed by atoms with van der Waals surface area (Å²) in [5.74, 6) is -2.15. The first-order valence-electron chi connectivity index (χ1n) is 4.46. The van der Waals surface area contributed by atoms with E-state index >= 15 is 0 Å². The lowest BCUT2D eigenvalue weighted by molar-refractivity contribution is -0.192. The Morgan fingerprint density at radius 2 is 1.94 bits per heavy atom. The van der Waals surface area contributed by atoms with Crippen LogP contribution in [0.4, 0.5) is 19.0 Å². The monoisotopic (exact) mass is 264 g/mol. The number of hydrogen-bond acceptors (Lipinski definition) is 3. The number of pyridine rings is 1. The van der Waals surface area contributed by atoms with Gasteiger partial charge in [-0.2, -0.15) is 18.2 Å². The largest absolute Gasteiger partial charge is 0.490 e. The van der Waals surface area contributed by atoms with Gasteiger partial charge < -0.3 is 16.6 Å². The number of aliphatic imine (C=N–C) groups is 1. The highest BCUT2D eigenvalue weighted by Gasteiger charge is 2.38. The van der Waals surface area contributed by atoms with Crippen molar-refractivity contribution in [3.05, 3.63) is 23.9 Å². The zero-order chi connectivity index (χ0) is 14.3. The molecular formula is C9H11F3N4O2. The fourth-order valence-corrected chi connectivity index (χ4v) is 0.717. The number of aryl methyl sites for hydroxylation is 1. The SMILES string of the molecule is Cc1cccnc1N=C(N)N.O=C(O)C(F)(F)F. The van der Waals surface area contributed by atoms with E-state index < -0.39 is 12.1 Å². The molecule has 0 unspecified atom stereocenters. The Morgan fingerprint density at radius 1 is 1.44 bits per heavy atom. The lowest BCUT2D eigenvalue weighted by Crippen LogP contribution is -2.22. The Bertz CT molecular complexity index is 442. The average molecular weight is 264 g/mol. The molecule has 18 heavy (non-hydrogen) atoms. The van der Waals surface area contributed by atoms with Crippen LogP contribution in [0.2, 0.25) is 0 Å². The van der Waals surface area contributed by atoms with E-state index in [-0.39, 0.29) is 5.96 Å². The fraction of sp³-hybridized carbons (Fsp3) is 0.222. The van der Waals surface area contributed by atoms with Crippen molar-refractivity contribution in [3.63, 3.8) is 0 Å². The van der Waals surface area contributed by atoms with Gasteiger partial charge in [-0.25, -0.2) is 9.78 Å². The maximum atomic E-state index is 10.6. The van der Waals surface area contributed by atoms with Gasteiger partial charge in [-0.1, -0.05) is 6.07 Å². The van der Waals surface area contributed by atoms with Gasteiger partial charge in [0.05, 0.1) is 0 Å². The molecule has 9 heteroatoms. The summed E-state index contributed by atoms with van der Waals surface area (Å²) in [5, 5.41) is 7.12. The van der Waals surface area contributed by atoms with E-state index in [4.69, 9.17) is 21.4 Å². The maximum absolute atomic E-state index is 10.6. The van der Waals surface area contributed by atoms with Gasteiger partial charge in [-0.15, -0.1) is 0 Å². The Labute approximate surface area is 100 Å². The first-order valence-corrected chi connectivity index (χ1v) is 4.46. The highest BCUT2D eigenvalue weighted by Crippen LogP contribution is 2.13. The minimum absolute atomic E-state index is 0.0341. The second-order valence-corrected chi connectivity index (χ2v) is 2.98. The number of carboxylic acids is 1. The number of rotatable bonds is 1. The lowest BCUT2D eigenvalue weighted by Gasteiger charge is -1.96. The molecule has 6 nitrogen and oxygen atoms in total. The van der Waals surface area contributed by atoms with Crippen LogP contribution in [0.25, 0.3) is 0 Å². The predicted octanol–water partition coefficient (Wildman–Crippen LogP) is 0.928. The number of nitrogens with zero attached hydrogens (tertiary/aromatic N) is 2. The third-order valence-electron chi connectivity index (χ3n) is 1.46. The summed E-state index contributed by atoms with van der Waals surface area (Å²) in [4.78, 5) is 16.7. The molecule has 1 aromatic heterocycles. The van der Waals surface area contributed by atoms with E-state index in [1.54, 1.807) is 6.20 Å². The van der Waals surface area contributed by atoms with Gasteiger partial charge in [0.2, 0.25) is 0 Å².